The number of halogens is 1. The second-order valence-electron chi connectivity index (χ2n) is 8.21. The van der Waals surface area contributed by atoms with Crippen LogP contribution in [0.15, 0.2) is 67.8 Å². The topological polar surface area (TPSA) is 61.8 Å². The third kappa shape index (κ3) is 7.10. The number of carbonyl (C=O) groups is 2. The normalized spacial score (nSPS) is 11.4. The fraction of sp³-hybridized carbons (Fsp3) is 0.280. The molecule has 164 valence electrons. The zero-order valence-electron chi connectivity index (χ0n) is 18.2. The third-order valence-electron chi connectivity index (χ3n) is 4.28. The molecule has 0 aliphatic heterocycles. The summed E-state index contributed by atoms with van der Waals surface area (Å²) in [6.07, 6.45) is 2.56. The lowest BCUT2D eigenvalue weighted by Gasteiger charge is -2.34. The average molecular weight is 426 g/mol. The Balaban J connectivity index is 2.13. The number of hydrogen-bond donors (Lipinski definition) is 0. The number of benzene rings is 2. The Hall–Kier alpha value is -3.41. The van der Waals surface area contributed by atoms with E-state index in [-0.39, 0.29) is 0 Å². The first-order valence-electron chi connectivity index (χ1n) is 9.73. The van der Waals surface area contributed by atoms with Crippen LogP contribution in [0.25, 0.3) is 11.1 Å². The molecule has 2 rings (SSSR count). The Morgan fingerprint density at radius 1 is 0.903 bits per heavy atom. The summed E-state index contributed by atoms with van der Waals surface area (Å²) in [7, 11) is 0. The van der Waals surface area contributed by atoms with Gasteiger partial charge in [-0.25, -0.2) is 14.0 Å². The van der Waals surface area contributed by atoms with Crippen LogP contribution in [0.5, 0.6) is 11.5 Å². The Bertz CT molecular complexity index is 974. The Morgan fingerprint density at radius 3 is 2.03 bits per heavy atom. The van der Waals surface area contributed by atoms with Gasteiger partial charge in [0.25, 0.3) is 0 Å². The van der Waals surface area contributed by atoms with Crippen LogP contribution in [0, 0.1) is 5.82 Å². The van der Waals surface area contributed by atoms with E-state index in [0.29, 0.717) is 29.0 Å². The molecule has 5 nitrogen and oxygen atoms in total. The van der Waals surface area contributed by atoms with Gasteiger partial charge < -0.3 is 14.2 Å². The summed E-state index contributed by atoms with van der Waals surface area (Å²) in [6, 6.07) is 11.1. The minimum Gasteiger partial charge on any atom is -0.488 e. The first kappa shape index (κ1) is 23.9. The van der Waals surface area contributed by atoms with E-state index in [9.17, 15) is 14.0 Å². The maximum absolute atomic E-state index is 14.8. The van der Waals surface area contributed by atoms with Gasteiger partial charge in [0.2, 0.25) is 0 Å². The second kappa shape index (κ2) is 9.60. The summed E-state index contributed by atoms with van der Waals surface area (Å²) in [5.74, 6) is -0.836. The van der Waals surface area contributed by atoms with Gasteiger partial charge in [-0.2, -0.15) is 0 Å². The molecule has 0 unspecified atom stereocenters. The Kier molecular flexibility index (Phi) is 7.39. The molecule has 0 spiro atoms. The van der Waals surface area contributed by atoms with Crippen molar-refractivity contribution in [3.8, 4) is 22.6 Å². The van der Waals surface area contributed by atoms with Crippen molar-refractivity contribution in [2.45, 2.75) is 45.3 Å². The molecule has 0 N–H and O–H groups in total. The molecule has 0 fully saturated rings. The third-order valence-corrected chi connectivity index (χ3v) is 4.28. The summed E-state index contributed by atoms with van der Waals surface area (Å²) in [4.78, 5) is 22.8. The molecule has 2 aromatic carbocycles. The van der Waals surface area contributed by atoms with Gasteiger partial charge in [-0.15, -0.1) is 0 Å². The van der Waals surface area contributed by atoms with Crippen LogP contribution < -0.4 is 9.47 Å². The number of carbonyl (C=O) groups excluding carboxylic acids is 2. The second-order valence-corrected chi connectivity index (χ2v) is 8.21. The van der Waals surface area contributed by atoms with E-state index in [4.69, 9.17) is 14.2 Å². The number of rotatable bonds is 9. The lowest BCUT2D eigenvalue weighted by molar-refractivity contribution is -0.154. The Morgan fingerprint density at radius 2 is 1.48 bits per heavy atom. The highest BCUT2D eigenvalue weighted by Crippen LogP contribution is 2.32. The molecule has 0 bridgehead atoms. The van der Waals surface area contributed by atoms with Crippen molar-refractivity contribution < 1.29 is 28.2 Å². The van der Waals surface area contributed by atoms with Crippen molar-refractivity contribution in [1.29, 1.82) is 0 Å². The van der Waals surface area contributed by atoms with Crippen molar-refractivity contribution in [1.82, 2.24) is 0 Å². The van der Waals surface area contributed by atoms with Crippen LogP contribution in [0.4, 0.5) is 4.39 Å². The molecular formula is C25H27FO5. The van der Waals surface area contributed by atoms with Crippen molar-refractivity contribution >= 4 is 11.9 Å². The van der Waals surface area contributed by atoms with Crippen molar-refractivity contribution in [3.05, 3.63) is 73.6 Å². The predicted molar refractivity (Wildman–Crippen MR) is 117 cm³/mol. The van der Waals surface area contributed by atoms with Gasteiger partial charge >= 0.3 is 11.9 Å². The van der Waals surface area contributed by atoms with Gasteiger partial charge in [0.05, 0.1) is 0 Å². The van der Waals surface area contributed by atoms with E-state index in [1.54, 1.807) is 50.2 Å². The van der Waals surface area contributed by atoms with Crippen molar-refractivity contribution in [2.75, 3.05) is 0 Å². The van der Waals surface area contributed by atoms with Gasteiger partial charge in [0.15, 0.2) is 0 Å². The summed E-state index contributed by atoms with van der Waals surface area (Å²) in [5, 5.41) is 0. The number of ether oxygens (including phenoxy) is 3. The van der Waals surface area contributed by atoms with E-state index < -0.39 is 29.0 Å². The summed E-state index contributed by atoms with van der Waals surface area (Å²) in [6.45, 7) is 14.0. The zero-order valence-corrected chi connectivity index (χ0v) is 18.2. The van der Waals surface area contributed by atoms with Crippen molar-refractivity contribution in [2.24, 2.45) is 0 Å². The largest absolute Gasteiger partial charge is 0.488 e. The van der Waals surface area contributed by atoms with E-state index in [1.165, 1.54) is 6.07 Å². The van der Waals surface area contributed by atoms with E-state index >= 15 is 0 Å². The Labute approximate surface area is 182 Å². The molecule has 0 heterocycles. The van der Waals surface area contributed by atoms with Crippen LogP contribution in [0.1, 0.15) is 34.1 Å². The van der Waals surface area contributed by atoms with E-state index in [2.05, 4.69) is 13.2 Å². The smallest absolute Gasteiger partial charge is 0.335 e. The monoisotopic (exact) mass is 426 g/mol. The molecule has 6 heteroatoms. The minimum absolute atomic E-state index is 0.343. The highest BCUT2D eigenvalue weighted by Gasteiger charge is 2.33. The summed E-state index contributed by atoms with van der Waals surface area (Å²) in [5.41, 5.74) is -0.509. The quantitative estimate of drug-likeness (QED) is 0.295. The molecular weight excluding hydrogens is 399 g/mol. The molecule has 0 aliphatic carbocycles. The van der Waals surface area contributed by atoms with Crippen LogP contribution in [-0.2, 0) is 14.3 Å². The molecule has 0 radical (unpaired) electrons. The minimum atomic E-state index is -0.788. The average Bonchev–Trinajstić information content (AvgIpc) is 2.67. The molecule has 0 atom stereocenters. The zero-order chi connectivity index (χ0) is 23.2. The highest BCUT2D eigenvalue weighted by atomic mass is 19.1. The molecule has 31 heavy (non-hydrogen) atoms. The number of hydrogen-bond acceptors (Lipinski definition) is 5. The van der Waals surface area contributed by atoms with Gasteiger partial charge in [-0.3, -0.25) is 0 Å². The maximum atomic E-state index is 14.8. The van der Waals surface area contributed by atoms with E-state index in [0.717, 1.165) is 12.2 Å². The fourth-order valence-electron chi connectivity index (χ4n) is 3.38. The summed E-state index contributed by atoms with van der Waals surface area (Å²) < 4.78 is 31.1. The lowest BCUT2D eigenvalue weighted by Crippen LogP contribution is -2.40. The predicted octanol–water partition coefficient (Wildman–Crippen LogP) is 5.64. The molecule has 0 aromatic heterocycles. The highest BCUT2D eigenvalue weighted by molar-refractivity contribution is 5.83. The first-order valence-corrected chi connectivity index (χ1v) is 9.73. The molecule has 0 aliphatic rings. The van der Waals surface area contributed by atoms with Crippen LogP contribution in [-0.4, -0.2) is 23.1 Å². The van der Waals surface area contributed by atoms with Crippen LogP contribution in [0.3, 0.4) is 0 Å². The van der Waals surface area contributed by atoms with Gasteiger partial charge in [0.1, 0.15) is 28.5 Å². The fourth-order valence-corrected chi connectivity index (χ4v) is 3.38. The first-order chi connectivity index (χ1) is 14.4. The van der Waals surface area contributed by atoms with Gasteiger partial charge in [-0.05, 0) is 57.5 Å². The maximum Gasteiger partial charge on any atom is 0.335 e. The van der Waals surface area contributed by atoms with E-state index in [1.807, 2.05) is 13.8 Å². The molecule has 0 saturated heterocycles. The SMILES string of the molecule is C=CC(=O)Oc1ccc(-c2ccc(OC(C)(C)CC(C)(C)OC(=O)C=C)cc2F)cc1. The van der Waals surface area contributed by atoms with Gasteiger partial charge in [0, 0.05) is 30.2 Å². The standard InChI is InChI=1S/C25H27FO5/c1-7-22(27)29-18-11-9-17(10-12-18)20-14-13-19(15-21(20)26)30-24(3,4)16-25(5,6)31-23(28)8-2/h7-15H,1-2,16H2,3-6H3. The molecule has 0 amide bonds. The van der Waals surface area contributed by atoms with Crippen LogP contribution in [0.2, 0.25) is 0 Å². The summed E-state index contributed by atoms with van der Waals surface area (Å²) >= 11 is 0. The van der Waals surface area contributed by atoms with Crippen LogP contribution >= 0.6 is 0 Å². The lowest BCUT2D eigenvalue weighted by atomic mass is 9.92. The molecule has 0 saturated carbocycles. The van der Waals surface area contributed by atoms with Gasteiger partial charge in [-0.1, -0.05) is 25.3 Å². The number of esters is 2. The van der Waals surface area contributed by atoms with Crippen molar-refractivity contribution in [3.63, 3.8) is 0 Å². The molecule has 2 aromatic rings.